The molecule has 25 heteroatoms. The third kappa shape index (κ3) is 8.90. The van der Waals surface area contributed by atoms with E-state index in [2.05, 4.69) is 35.1 Å². The molecular weight excluding hydrogens is 988 g/mol. The van der Waals surface area contributed by atoms with Crippen LogP contribution in [0.1, 0.15) is 97.4 Å². The molecule has 1 N–H and O–H groups in total. The lowest BCUT2D eigenvalue weighted by molar-refractivity contribution is -0.257. The van der Waals surface area contributed by atoms with Gasteiger partial charge in [0.05, 0.1) is 36.8 Å². The molecule has 3 aliphatic heterocycles. The normalized spacial score (nSPS) is 22.4. The average molecular weight is 1040 g/mol. The molecule has 2 aromatic carbocycles. The highest BCUT2D eigenvalue weighted by molar-refractivity contribution is 7.89. The fourth-order valence-corrected chi connectivity index (χ4v) is 16.3. The smallest absolute Gasteiger partial charge is 0.271 e. The van der Waals surface area contributed by atoms with E-state index in [1.54, 1.807) is 71.5 Å². The summed E-state index contributed by atoms with van der Waals surface area (Å²) in [7, 11) is -14.2. The van der Waals surface area contributed by atoms with Crippen LogP contribution in [0.3, 0.4) is 0 Å². The quantitative estimate of drug-likeness (QED) is 0.134. The van der Waals surface area contributed by atoms with Gasteiger partial charge in [-0.15, -0.1) is 40.0 Å². The third-order valence-electron chi connectivity index (χ3n) is 13.6. The Labute approximate surface area is 405 Å². The number of halogens is 1. The van der Waals surface area contributed by atoms with Crippen molar-refractivity contribution < 1.29 is 41.6 Å². The minimum Gasteiger partial charge on any atom is -0.271 e. The maximum Gasteiger partial charge on any atom is 0.358 e. The second-order valence-electron chi connectivity index (χ2n) is 18.2. The molecule has 11 rings (SSSR count). The molecule has 6 aromatic rings. The summed E-state index contributed by atoms with van der Waals surface area (Å²) in [6.45, 7) is 4.39. The number of hydrogen-bond acceptors (Lipinski definition) is 14. The zero-order valence-corrected chi connectivity index (χ0v) is 41.9. The van der Waals surface area contributed by atoms with Gasteiger partial charge in [0, 0.05) is 36.3 Å². The van der Waals surface area contributed by atoms with Gasteiger partial charge in [-0.3, -0.25) is 8.80 Å². The first kappa shape index (κ1) is 47.6. The largest absolute Gasteiger partial charge is 0.358 e. The molecule has 1 saturated heterocycles. The van der Waals surface area contributed by atoms with E-state index in [1.807, 2.05) is 22.6 Å². The molecule has 0 amide bonds. The number of alkyl halides is 1. The summed E-state index contributed by atoms with van der Waals surface area (Å²) in [6.07, 6.45) is 12.4. The Morgan fingerprint density at radius 1 is 0.696 bits per heavy atom. The first-order valence-electron chi connectivity index (χ1n) is 22.9. The van der Waals surface area contributed by atoms with Crippen molar-refractivity contribution in [1.82, 2.24) is 48.2 Å². The van der Waals surface area contributed by atoms with E-state index >= 15 is 0 Å². The predicted octanol–water partition coefficient (Wildman–Crippen LogP) is 4.04. The van der Waals surface area contributed by atoms with Gasteiger partial charge in [-0.25, -0.2) is 21.6 Å². The van der Waals surface area contributed by atoms with Gasteiger partial charge in [0.2, 0.25) is 31.3 Å². The Hall–Kier alpha value is -5.11. The van der Waals surface area contributed by atoms with Gasteiger partial charge in [-0.2, -0.15) is 21.1 Å². The number of aryl methyl sites for hydroxylation is 2. The topological polar surface area (TPSA) is 244 Å². The first-order chi connectivity index (χ1) is 32.9. The summed E-state index contributed by atoms with van der Waals surface area (Å²) in [6, 6.07) is 13.2. The van der Waals surface area contributed by atoms with Crippen molar-refractivity contribution in [3.8, 4) is 0 Å². The Morgan fingerprint density at radius 3 is 1.70 bits per heavy atom. The second-order valence-corrected chi connectivity index (χ2v) is 26.1. The molecule has 4 atom stereocenters. The van der Waals surface area contributed by atoms with Crippen molar-refractivity contribution in [3.63, 3.8) is 0 Å². The van der Waals surface area contributed by atoms with Gasteiger partial charge in [0.15, 0.2) is 12.4 Å². The van der Waals surface area contributed by atoms with E-state index in [0.717, 1.165) is 41.9 Å². The Balaban J connectivity index is 0.000000160. The number of sulfonamides is 4. The molecule has 0 unspecified atom stereocenters. The van der Waals surface area contributed by atoms with Crippen LogP contribution in [0, 0.1) is 13.8 Å². The van der Waals surface area contributed by atoms with Crippen molar-refractivity contribution in [1.29, 1.82) is 0 Å². The summed E-state index contributed by atoms with van der Waals surface area (Å²) >= 11 is 5.64. The average Bonchev–Trinajstić information content (AvgIpc) is 4.18. The molecule has 2 saturated carbocycles. The highest BCUT2D eigenvalue weighted by Crippen LogP contribution is 2.40. The number of nitrogens with one attached hydrogen (secondary N) is 1. The standard InChI is InChI=1S/C22H26ClN6O4S2.C22H25N6O4S2/c1-15-3-7-18(8-4-15)35(32,33)28-11-9-19-22(28)24-14-20-25-26-21(29(19)20)16-5-6-17(13-16)27-34(30,31)12-2-10-23;1-15-3-7-18(8-4-15)34(31,32)27-11-9-19-22(27)23-14-20-24-25-21(28(19)20)16-5-6-17(13-16)26-10-2-12-33(26,29)30/h3-4,7-8,11,14,16-17,27H,2,5-6,9-10,12-13H2,1H3;3-4,7-8,11,14,16-17H,2,5-6,9-10,12-13H2,1H3/q2*+1/t2*16-,17+/m11/s1. The highest BCUT2D eigenvalue weighted by Gasteiger charge is 2.43. The summed E-state index contributed by atoms with van der Waals surface area (Å²) < 4.78 is 113. The lowest BCUT2D eigenvalue weighted by Gasteiger charge is -2.22. The molecule has 20 nitrogen and oxygen atoms in total. The molecule has 3 fully saturated rings. The van der Waals surface area contributed by atoms with E-state index < -0.39 is 40.1 Å². The van der Waals surface area contributed by atoms with Crippen LogP contribution >= 0.6 is 11.6 Å². The van der Waals surface area contributed by atoms with E-state index in [-0.39, 0.29) is 45.2 Å². The number of nitrogens with zero attached hydrogens (tertiary/aromatic N) is 11. The van der Waals surface area contributed by atoms with Gasteiger partial charge < -0.3 is 0 Å². The van der Waals surface area contributed by atoms with E-state index in [4.69, 9.17) is 11.6 Å². The molecule has 4 aromatic heterocycles. The lowest BCUT2D eigenvalue weighted by atomic mass is 10.1. The number of rotatable bonds is 12. The first-order valence-corrected chi connectivity index (χ1v) is 29.5. The highest BCUT2D eigenvalue weighted by atomic mass is 35.5. The van der Waals surface area contributed by atoms with Crippen molar-refractivity contribution in [2.24, 2.45) is 0 Å². The van der Waals surface area contributed by atoms with Crippen molar-refractivity contribution in [2.45, 2.75) is 112 Å². The summed E-state index contributed by atoms with van der Waals surface area (Å²) in [4.78, 5) is 9.22. The monoisotopic (exact) mass is 1040 g/mol. The van der Waals surface area contributed by atoms with Crippen LogP contribution in [-0.2, 0) is 52.9 Å². The maximum atomic E-state index is 13.3. The van der Waals surface area contributed by atoms with Crippen LogP contribution in [-0.4, -0.2) is 134 Å². The fourth-order valence-electron chi connectivity index (χ4n) is 10.2. The molecule has 5 aliphatic rings. The second kappa shape index (κ2) is 18.2. The third-order valence-corrected chi connectivity index (χ3v) is 20.8. The zero-order chi connectivity index (χ0) is 48.5. The van der Waals surface area contributed by atoms with Gasteiger partial charge in [-0.05, 0) is 99.4 Å². The molecular formula is C44H51ClN12O8S4+2. The number of hydrogen-bond donors (Lipinski definition) is 1. The van der Waals surface area contributed by atoms with Crippen LogP contribution in [0.4, 0.5) is 11.6 Å². The Bertz CT molecular complexity index is 3530. The molecule has 7 heterocycles. The summed E-state index contributed by atoms with van der Waals surface area (Å²) in [5, 5.41) is 17.4. The van der Waals surface area contributed by atoms with E-state index in [0.29, 0.717) is 91.8 Å². The Kier molecular flexibility index (Phi) is 12.6. The molecule has 0 bridgehead atoms. The van der Waals surface area contributed by atoms with Gasteiger partial charge >= 0.3 is 31.7 Å². The van der Waals surface area contributed by atoms with Crippen LogP contribution in [0.2, 0.25) is 0 Å². The van der Waals surface area contributed by atoms with Crippen LogP contribution in [0.15, 0.2) is 70.7 Å². The van der Waals surface area contributed by atoms with Gasteiger partial charge in [-0.1, -0.05) is 35.4 Å². The van der Waals surface area contributed by atoms with Crippen LogP contribution in [0.5, 0.6) is 0 Å². The summed E-state index contributed by atoms with van der Waals surface area (Å²) in [5.41, 5.74) is 4.48. The minimum atomic E-state index is -3.81. The van der Waals surface area contributed by atoms with E-state index in [1.165, 1.54) is 14.2 Å². The molecule has 0 radical (unpaired) electrons. The predicted molar refractivity (Wildman–Crippen MR) is 256 cm³/mol. The maximum absolute atomic E-state index is 13.3. The number of fused-ring (bicyclic) bond motifs is 6. The van der Waals surface area contributed by atoms with Crippen molar-refractivity contribution in [2.75, 3.05) is 23.9 Å². The molecule has 69 heavy (non-hydrogen) atoms. The van der Waals surface area contributed by atoms with Crippen molar-refractivity contribution in [3.05, 3.63) is 95.1 Å². The molecule has 0 spiro atoms. The van der Waals surface area contributed by atoms with Crippen molar-refractivity contribution >= 4 is 87.1 Å². The van der Waals surface area contributed by atoms with Crippen LogP contribution < -0.4 is 4.72 Å². The number of benzene rings is 2. The van der Waals surface area contributed by atoms with Gasteiger partial charge in [0.25, 0.3) is 0 Å². The fraction of sp³-hybridized carbons (Fsp3) is 0.455. The zero-order valence-electron chi connectivity index (χ0n) is 37.8. The van der Waals surface area contributed by atoms with E-state index in [9.17, 15) is 33.7 Å². The number of aromatic nitrogens is 8. The molecule has 364 valence electrons. The van der Waals surface area contributed by atoms with Gasteiger partial charge in [0.1, 0.15) is 32.8 Å². The SMILES string of the molecule is Cc1ccc(S(=O)(=O)[N+]2=CCc3c2ncc2nnc([C@@H]4CC[C@H](N5CCCS5(=O)=O)C4)n32)cc1.Cc1ccc(S(=O)(=O)[N+]2=CCc3c2ncc2nnc([C@@H]4CC[C@H](NS(=O)(=O)CCCCl)C4)n32)cc1. The van der Waals surface area contributed by atoms with Crippen LogP contribution in [0.25, 0.3) is 11.3 Å². The lowest BCUT2D eigenvalue weighted by Crippen LogP contribution is -2.34. The minimum absolute atomic E-state index is 0.00579. The Morgan fingerprint density at radius 2 is 1.20 bits per heavy atom. The summed E-state index contributed by atoms with van der Waals surface area (Å²) in [5.74, 6) is 2.69. The molecule has 2 aliphatic carbocycles.